The molecular weight excluding hydrogens is 330 g/mol. The molecule has 2 rings (SSSR count). The molecular formula is C20H27N3O3. The molecule has 0 unspecified atom stereocenters. The molecule has 140 valence electrons. The maximum atomic E-state index is 9.98. The summed E-state index contributed by atoms with van der Waals surface area (Å²) in [5, 5.41) is 13.2. The zero-order valence-corrected chi connectivity index (χ0v) is 15.8. The molecule has 26 heavy (non-hydrogen) atoms. The Kier molecular flexibility index (Phi) is 7.14. The van der Waals surface area contributed by atoms with E-state index >= 15 is 0 Å². The van der Waals surface area contributed by atoms with Crippen molar-refractivity contribution in [2.45, 2.75) is 13.5 Å². The average Bonchev–Trinajstić information content (AvgIpc) is 2.65. The first-order chi connectivity index (χ1) is 12.5. The highest BCUT2D eigenvalue weighted by molar-refractivity contribution is 5.79. The van der Waals surface area contributed by atoms with Crippen molar-refractivity contribution in [3.8, 4) is 17.2 Å². The molecule has 6 heteroatoms. The number of ether oxygens (including phenoxy) is 2. The minimum atomic E-state index is 0.222. The Morgan fingerprint density at radius 3 is 2.69 bits per heavy atom. The van der Waals surface area contributed by atoms with Crippen molar-refractivity contribution in [3.63, 3.8) is 0 Å². The molecule has 0 heterocycles. The summed E-state index contributed by atoms with van der Waals surface area (Å²) in [6.07, 6.45) is 0. The van der Waals surface area contributed by atoms with E-state index in [1.807, 2.05) is 43.1 Å². The number of methoxy groups -OCH3 is 1. The number of para-hydroxylation sites is 1. The van der Waals surface area contributed by atoms with Gasteiger partial charge in [-0.15, -0.1) is 0 Å². The summed E-state index contributed by atoms with van der Waals surface area (Å²) in [4.78, 5) is 6.26. The van der Waals surface area contributed by atoms with E-state index in [0.717, 1.165) is 22.8 Å². The van der Waals surface area contributed by atoms with Gasteiger partial charge in [-0.05, 0) is 36.8 Å². The third-order valence-corrected chi connectivity index (χ3v) is 4.07. The summed E-state index contributed by atoms with van der Waals surface area (Å²) in [7, 11) is 5.28. The van der Waals surface area contributed by atoms with Crippen LogP contribution in [0.25, 0.3) is 0 Å². The van der Waals surface area contributed by atoms with Crippen LogP contribution in [-0.4, -0.2) is 50.3 Å². The Bertz CT molecular complexity index is 747. The summed E-state index contributed by atoms with van der Waals surface area (Å²) in [5.41, 5.74) is 1.86. The molecule has 0 bridgehead atoms. The summed E-state index contributed by atoms with van der Waals surface area (Å²) in [5.74, 6) is 2.54. The lowest BCUT2D eigenvalue weighted by Crippen LogP contribution is -2.40. The molecule has 0 aliphatic rings. The summed E-state index contributed by atoms with van der Waals surface area (Å²) in [6.45, 7) is 3.70. The van der Waals surface area contributed by atoms with Crippen LogP contribution in [0, 0.1) is 6.92 Å². The van der Waals surface area contributed by atoms with Crippen LogP contribution in [0.1, 0.15) is 11.1 Å². The van der Waals surface area contributed by atoms with Gasteiger partial charge in [-0.3, -0.25) is 4.99 Å². The Balaban J connectivity index is 1.87. The van der Waals surface area contributed by atoms with Gasteiger partial charge in [0.25, 0.3) is 0 Å². The van der Waals surface area contributed by atoms with Crippen LogP contribution in [0.4, 0.5) is 0 Å². The monoisotopic (exact) mass is 357 g/mol. The minimum absolute atomic E-state index is 0.222. The first kappa shape index (κ1) is 19.4. The molecule has 0 aromatic heterocycles. The van der Waals surface area contributed by atoms with Gasteiger partial charge in [-0.1, -0.05) is 18.2 Å². The number of likely N-dealkylation sites (N-methyl/N-ethyl adjacent to an activating group) is 1. The first-order valence-corrected chi connectivity index (χ1v) is 8.51. The van der Waals surface area contributed by atoms with Gasteiger partial charge in [0, 0.05) is 26.2 Å². The molecule has 0 radical (unpaired) electrons. The maximum absolute atomic E-state index is 9.98. The zero-order valence-electron chi connectivity index (χ0n) is 15.8. The van der Waals surface area contributed by atoms with Gasteiger partial charge < -0.3 is 24.8 Å². The van der Waals surface area contributed by atoms with E-state index in [9.17, 15) is 5.11 Å². The maximum Gasteiger partial charge on any atom is 0.193 e. The highest BCUT2D eigenvalue weighted by atomic mass is 16.5. The van der Waals surface area contributed by atoms with E-state index in [-0.39, 0.29) is 5.75 Å². The lowest BCUT2D eigenvalue weighted by Gasteiger charge is -2.22. The molecule has 0 aliphatic carbocycles. The van der Waals surface area contributed by atoms with E-state index in [2.05, 4.69) is 10.3 Å². The fraction of sp³-hybridized carbons (Fsp3) is 0.350. The molecule has 0 saturated heterocycles. The number of nitrogens with zero attached hydrogens (tertiary/aromatic N) is 2. The van der Waals surface area contributed by atoms with E-state index in [0.29, 0.717) is 25.4 Å². The van der Waals surface area contributed by atoms with E-state index in [1.54, 1.807) is 32.4 Å². The molecule has 2 aromatic carbocycles. The lowest BCUT2D eigenvalue weighted by atomic mass is 10.2. The molecule has 0 spiro atoms. The second-order valence-electron chi connectivity index (χ2n) is 5.93. The van der Waals surface area contributed by atoms with E-state index in [4.69, 9.17) is 9.47 Å². The third kappa shape index (κ3) is 5.31. The standard InChI is InChI=1S/C20H27N3O3/c1-15-7-5-6-8-19(15)26-12-11-23(3)20(21-2)22-14-16-13-17(25-4)9-10-18(16)24/h5-10,13,24H,11-12,14H2,1-4H3,(H,21,22). The van der Waals surface area contributed by atoms with Gasteiger partial charge >= 0.3 is 0 Å². The van der Waals surface area contributed by atoms with Gasteiger partial charge in [0.1, 0.15) is 23.9 Å². The summed E-state index contributed by atoms with van der Waals surface area (Å²) in [6, 6.07) is 13.1. The van der Waals surface area contributed by atoms with Crippen LogP contribution in [0.15, 0.2) is 47.5 Å². The van der Waals surface area contributed by atoms with E-state index in [1.165, 1.54) is 0 Å². The van der Waals surface area contributed by atoms with Gasteiger partial charge in [0.2, 0.25) is 0 Å². The Hall–Kier alpha value is -2.89. The molecule has 0 aliphatic heterocycles. The molecule has 2 aromatic rings. The normalized spacial score (nSPS) is 11.2. The smallest absolute Gasteiger partial charge is 0.193 e. The number of aromatic hydroxyl groups is 1. The number of guanidine groups is 1. The number of phenols is 1. The van der Waals surface area contributed by atoms with Crippen molar-refractivity contribution < 1.29 is 14.6 Å². The van der Waals surface area contributed by atoms with Crippen molar-refractivity contribution in [2.24, 2.45) is 4.99 Å². The topological polar surface area (TPSA) is 66.3 Å². The molecule has 0 fully saturated rings. The van der Waals surface area contributed by atoms with Crippen LogP contribution in [0.2, 0.25) is 0 Å². The molecule has 0 amide bonds. The van der Waals surface area contributed by atoms with Crippen LogP contribution in [0.5, 0.6) is 17.2 Å². The van der Waals surface area contributed by atoms with Gasteiger partial charge in [-0.2, -0.15) is 0 Å². The molecule has 6 nitrogen and oxygen atoms in total. The first-order valence-electron chi connectivity index (χ1n) is 8.51. The highest BCUT2D eigenvalue weighted by Gasteiger charge is 2.09. The Morgan fingerprint density at radius 2 is 2.00 bits per heavy atom. The Morgan fingerprint density at radius 1 is 1.23 bits per heavy atom. The number of phenolic OH excluding ortho intramolecular Hbond substituents is 1. The molecule has 2 N–H and O–H groups in total. The number of rotatable bonds is 7. The third-order valence-electron chi connectivity index (χ3n) is 4.07. The number of aliphatic imine (C=N–C) groups is 1. The van der Waals surface area contributed by atoms with Crippen LogP contribution < -0.4 is 14.8 Å². The van der Waals surface area contributed by atoms with Gasteiger partial charge in [0.05, 0.1) is 13.7 Å². The van der Waals surface area contributed by atoms with Crippen LogP contribution in [0.3, 0.4) is 0 Å². The number of aryl methyl sites for hydroxylation is 1. The lowest BCUT2D eigenvalue weighted by molar-refractivity contribution is 0.280. The minimum Gasteiger partial charge on any atom is -0.508 e. The van der Waals surface area contributed by atoms with Crippen molar-refractivity contribution in [3.05, 3.63) is 53.6 Å². The highest BCUT2D eigenvalue weighted by Crippen LogP contribution is 2.22. The average molecular weight is 357 g/mol. The van der Waals surface area contributed by atoms with Crippen molar-refractivity contribution in [1.29, 1.82) is 0 Å². The second kappa shape index (κ2) is 9.56. The number of hydrogen-bond donors (Lipinski definition) is 2. The van der Waals surface area contributed by atoms with E-state index < -0.39 is 0 Å². The fourth-order valence-electron chi connectivity index (χ4n) is 2.51. The van der Waals surface area contributed by atoms with Gasteiger partial charge in [-0.25, -0.2) is 0 Å². The Labute approximate surface area is 155 Å². The van der Waals surface area contributed by atoms with Crippen molar-refractivity contribution >= 4 is 5.96 Å². The van der Waals surface area contributed by atoms with Gasteiger partial charge in [0.15, 0.2) is 5.96 Å². The predicted molar refractivity (Wildman–Crippen MR) is 104 cm³/mol. The summed E-state index contributed by atoms with van der Waals surface area (Å²) >= 11 is 0. The number of hydrogen-bond acceptors (Lipinski definition) is 4. The number of benzene rings is 2. The van der Waals surface area contributed by atoms with Crippen LogP contribution in [-0.2, 0) is 6.54 Å². The fourth-order valence-corrected chi connectivity index (χ4v) is 2.51. The largest absolute Gasteiger partial charge is 0.508 e. The molecule has 0 atom stereocenters. The SMILES string of the molecule is CN=C(NCc1cc(OC)ccc1O)N(C)CCOc1ccccc1C. The molecule has 0 saturated carbocycles. The van der Waals surface area contributed by atoms with Crippen molar-refractivity contribution in [1.82, 2.24) is 10.2 Å². The predicted octanol–water partition coefficient (Wildman–Crippen LogP) is 2.80. The quantitative estimate of drug-likeness (QED) is 0.589. The zero-order chi connectivity index (χ0) is 18.9. The van der Waals surface area contributed by atoms with Crippen molar-refractivity contribution in [2.75, 3.05) is 34.4 Å². The second-order valence-corrected chi connectivity index (χ2v) is 5.93. The summed E-state index contributed by atoms with van der Waals surface area (Å²) < 4.78 is 11.0. The van der Waals surface area contributed by atoms with Crippen LogP contribution >= 0.6 is 0 Å². The number of nitrogens with one attached hydrogen (secondary N) is 1.